The second-order valence-corrected chi connectivity index (χ2v) is 17.1. The number of methoxy groups -OCH3 is 1. The Morgan fingerprint density at radius 3 is 2.47 bits per heavy atom. The first-order chi connectivity index (χ1) is 21.0. The Morgan fingerprint density at radius 2 is 1.84 bits per heavy atom. The van der Waals surface area contributed by atoms with E-state index in [1.54, 1.807) is 31.4 Å². The molecule has 1 unspecified atom stereocenters. The van der Waals surface area contributed by atoms with Crippen molar-refractivity contribution < 1.29 is 42.2 Å². The number of pyridine rings is 1. The highest BCUT2D eigenvalue weighted by molar-refractivity contribution is 8.32. The number of esters is 1. The van der Waals surface area contributed by atoms with Gasteiger partial charge < -0.3 is 28.5 Å². The molecule has 2 aromatic heterocycles. The van der Waals surface area contributed by atoms with E-state index in [9.17, 15) is 23.6 Å². The van der Waals surface area contributed by atoms with Crippen molar-refractivity contribution >= 4 is 51.1 Å². The maximum absolute atomic E-state index is 15.3. The topological polar surface area (TPSA) is 129 Å². The highest BCUT2D eigenvalue weighted by atomic mass is 32.3. The number of halogens is 2. The van der Waals surface area contributed by atoms with Crippen molar-refractivity contribution in [2.24, 2.45) is 0 Å². The van der Waals surface area contributed by atoms with Gasteiger partial charge in [0.2, 0.25) is 0 Å². The number of carbonyl (C=O) groups is 4. The number of carbonyl (C=O) groups excluding carboxylic acids is 4. The Balaban J connectivity index is 1.81. The third-order valence-electron chi connectivity index (χ3n) is 7.19. The van der Waals surface area contributed by atoms with Crippen molar-refractivity contribution in [3.63, 3.8) is 0 Å². The number of aldehydes is 1. The Hall–Kier alpha value is -4.04. The molecule has 1 aliphatic heterocycles. The quantitative estimate of drug-likeness (QED) is 0.176. The van der Waals surface area contributed by atoms with Crippen molar-refractivity contribution in [2.45, 2.75) is 51.6 Å². The molecule has 0 saturated heterocycles. The van der Waals surface area contributed by atoms with Crippen LogP contribution in [0.25, 0.3) is 11.0 Å². The summed E-state index contributed by atoms with van der Waals surface area (Å²) in [6.45, 7) is 5.06. The lowest BCUT2D eigenvalue weighted by Gasteiger charge is -2.35. The SMILES string of the molecule is COC(=O)C1(CC=O)c2ccc(F)cc2C(=O)N1Cc1cc2nc(NC(=O)OC(C)(C)C)c(F)cc2n1COCCS(C)(C)C. The van der Waals surface area contributed by atoms with Gasteiger partial charge in [0.1, 0.15) is 24.4 Å². The van der Waals surface area contributed by atoms with Crippen molar-refractivity contribution in [1.82, 2.24) is 14.5 Å². The van der Waals surface area contributed by atoms with Crippen LogP contribution in [-0.4, -0.2) is 82.5 Å². The number of ether oxygens (including phenoxy) is 3. The minimum atomic E-state index is -1.88. The molecule has 1 N–H and O–H groups in total. The van der Waals surface area contributed by atoms with Crippen molar-refractivity contribution in [1.29, 1.82) is 0 Å². The van der Waals surface area contributed by atoms with E-state index in [2.05, 4.69) is 29.1 Å². The highest BCUT2D eigenvalue weighted by Crippen LogP contribution is 2.44. The second kappa shape index (κ2) is 12.8. The molecule has 1 aliphatic rings. The zero-order valence-corrected chi connectivity index (χ0v) is 27.2. The van der Waals surface area contributed by atoms with Gasteiger partial charge in [-0.15, -0.1) is 0 Å². The Labute approximate surface area is 261 Å². The van der Waals surface area contributed by atoms with Gasteiger partial charge >= 0.3 is 12.1 Å². The number of anilines is 1. The van der Waals surface area contributed by atoms with Gasteiger partial charge in [-0.05, 0) is 57.7 Å². The van der Waals surface area contributed by atoms with Crippen LogP contribution < -0.4 is 5.32 Å². The molecule has 0 spiro atoms. The summed E-state index contributed by atoms with van der Waals surface area (Å²) in [5.41, 5.74) is -1.75. The number of aromatic nitrogens is 2. The number of amides is 2. The number of fused-ring (bicyclic) bond motifs is 2. The van der Waals surface area contributed by atoms with Crippen LogP contribution in [0.2, 0.25) is 0 Å². The van der Waals surface area contributed by atoms with Gasteiger partial charge in [0, 0.05) is 35.1 Å². The van der Waals surface area contributed by atoms with Crippen LogP contribution in [0.4, 0.5) is 19.4 Å². The van der Waals surface area contributed by atoms with E-state index in [4.69, 9.17) is 14.2 Å². The Kier molecular flexibility index (Phi) is 9.59. The summed E-state index contributed by atoms with van der Waals surface area (Å²) in [4.78, 5) is 56.9. The van der Waals surface area contributed by atoms with Crippen LogP contribution in [0.3, 0.4) is 0 Å². The maximum Gasteiger partial charge on any atom is 0.413 e. The first kappa shape index (κ1) is 33.8. The van der Waals surface area contributed by atoms with Crippen LogP contribution in [0.5, 0.6) is 0 Å². The van der Waals surface area contributed by atoms with E-state index in [-0.39, 0.29) is 41.3 Å². The molecular formula is C31H38F2N4O7S. The first-order valence-electron chi connectivity index (χ1n) is 14.1. The summed E-state index contributed by atoms with van der Waals surface area (Å²) < 4.78 is 47.5. The summed E-state index contributed by atoms with van der Waals surface area (Å²) in [6, 6.07) is 6.15. The third-order valence-corrected chi connectivity index (χ3v) is 8.58. The average Bonchev–Trinajstić information content (AvgIpc) is 3.37. The molecule has 0 fully saturated rings. The van der Waals surface area contributed by atoms with Crippen molar-refractivity contribution in [3.05, 3.63) is 58.8 Å². The van der Waals surface area contributed by atoms with Crippen LogP contribution >= 0.6 is 10.0 Å². The van der Waals surface area contributed by atoms with E-state index >= 15 is 4.39 Å². The summed E-state index contributed by atoms with van der Waals surface area (Å²) in [5.74, 6) is -2.69. The van der Waals surface area contributed by atoms with Crippen LogP contribution in [0.1, 0.15) is 48.8 Å². The molecule has 11 nitrogen and oxygen atoms in total. The van der Waals surface area contributed by atoms with Crippen LogP contribution in [0.15, 0.2) is 30.3 Å². The van der Waals surface area contributed by atoms with Gasteiger partial charge in [-0.2, -0.15) is 0 Å². The molecule has 0 saturated carbocycles. The van der Waals surface area contributed by atoms with Gasteiger partial charge in [0.25, 0.3) is 5.91 Å². The highest BCUT2D eigenvalue weighted by Gasteiger charge is 2.56. The summed E-state index contributed by atoms with van der Waals surface area (Å²) in [7, 11) is 0.256. The number of nitrogens with zero attached hydrogens (tertiary/aromatic N) is 3. The standard InChI is InChI=1S/C31H38F2N4O7S/c1-30(2,3)44-29(41)35-26-23(33)16-25-24(34-26)15-20(36(25)18-43-12-13-45(5,6)7)17-37-27(39)21-14-19(32)8-9-22(21)31(37,10-11-38)28(40)42-4/h8-9,11,14-16H,10,12-13,17-18H2,1-7H3,(H,34,35,41). The minimum absolute atomic E-state index is 0.0587. The fraction of sp³-hybridized carbons (Fsp3) is 0.452. The monoisotopic (exact) mass is 648 g/mol. The van der Waals surface area contributed by atoms with Gasteiger partial charge in [-0.25, -0.2) is 33.4 Å². The lowest BCUT2D eigenvalue weighted by atomic mass is 9.86. The number of hydrogen-bond acceptors (Lipinski definition) is 8. The zero-order valence-electron chi connectivity index (χ0n) is 26.4. The average molecular weight is 649 g/mol. The molecular weight excluding hydrogens is 610 g/mol. The van der Waals surface area contributed by atoms with Crippen LogP contribution in [-0.2, 0) is 42.6 Å². The second-order valence-electron chi connectivity index (χ2n) is 12.5. The van der Waals surface area contributed by atoms with Crippen molar-refractivity contribution in [2.75, 3.05) is 43.6 Å². The summed E-state index contributed by atoms with van der Waals surface area (Å²) in [6.07, 6.45) is 5.57. The first-order valence-corrected chi connectivity index (χ1v) is 17.1. The van der Waals surface area contributed by atoms with Gasteiger partial charge in [0.05, 0.1) is 31.3 Å². The largest absolute Gasteiger partial charge is 0.467 e. The number of benzene rings is 1. The molecule has 244 valence electrons. The molecule has 1 aromatic carbocycles. The smallest absolute Gasteiger partial charge is 0.413 e. The molecule has 3 heterocycles. The van der Waals surface area contributed by atoms with Gasteiger partial charge in [-0.3, -0.25) is 10.1 Å². The van der Waals surface area contributed by atoms with E-state index in [0.29, 0.717) is 18.6 Å². The van der Waals surface area contributed by atoms with Gasteiger partial charge in [-0.1, -0.05) is 6.07 Å². The Bertz CT molecular complexity index is 1650. The molecule has 0 radical (unpaired) electrons. The molecule has 2 amide bonds. The molecule has 0 bridgehead atoms. The van der Waals surface area contributed by atoms with Crippen molar-refractivity contribution in [3.8, 4) is 0 Å². The zero-order chi connectivity index (χ0) is 33.3. The lowest BCUT2D eigenvalue weighted by molar-refractivity contribution is -0.155. The van der Waals surface area contributed by atoms with E-state index in [1.165, 1.54) is 12.1 Å². The summed E-state index contributed by atoms with van der Waals surface area (Å²) >= 11 is 0. The predicted molar refractivity (Wildman–Crippen MR) is 166 cm³/mol. The molecule has 4 rings (SSSR count). The number of nitrogens with one attached hydrogen (secondary N) is 1. The normalized spacial score (nSPS) is 16.9. The predicted octanol–water partition coefficient (Wildman–Crippen LogP) is 4.94. The molecule has 3 aromatic rings. The van der Waals surface area contributed by atoms with Gasteiger partial charge in [0.15, 0.2) is 17.2 Å². The molecule has 14 heteroatoms. The van der Waals surface area contributed by atoms with E-state index in [1.807, 2.05) is 0 Å². The fourth-order valence-electron chi connectivity index (χ4n) is 5.14. The third kappa shape index (κ3) is 7.12. The number of hydrogen-bond donors (Lipinski definition) is 1. The van der Waals surface area contributed by atoms with E-state index in [0.717, 1.165) is 29.9 Å². The number of rotatable bonds is 11. The maximum atomic E-state index is 15.3. The van der Waals surface area contributed by atoms with Crippen LogP contribution in [0, 0.1) is 11.6 Å². The molecule has 45 heavy (non-hydrogen) atoms. The fourth-order valence-corrected chi connectivity index (χ4v) is 5.76. The Morgan fingerprint density at radius 1 is 1.13 bits per heavy atom. The lowest BCUT2D eigenvalue weighted by Crippen LogP contribution is -2.50. The minimum Gasteiger partial charge on any atom is -0.467 e. The molecule has 1 atom stereocenters. The molecule has 0 aliphatic carbocycles. The van der Waals surface area contributed by atoms with E-state index < -0.39 is 57.2 Å². The summed E-state index contributed by atoms with van der Waals surface area (Å²) in [5, 5.41) is 2.32.